The van der Waals surface area contributed by atoms with Crippen molar-refractivity contribution in [2.45, 2.75) is 38.8 Å². The van der Waals surface area contributed by atoms with Crippen molar-refractivity contribution in [2.75, 3.05) is 52.5 Å². The molecular formula is C27H35N3O3. The number of hydrogen-bond acceptors (Lipinski definition) is 5. The Morgan fingerprint density at radius 2 is 1.70 bits per heavy atom. The molecule has 0 aliphatic carbocycles. The molecule has 6 nitrogen and oxygen atoms in total. The van der Waals surface area contributed by atoms with Gasteiger partial charge >= 0.3 is 0 Å². The van der Waals surface area contributed by atoms with Crippen molar-refractivity contribution in [1.82, 2.24) is 14.7 Å². The highest BCUT2D eigenvalue weighted by Gasteiger charge is 2.32. The Bertz CT molecular complexity index is 979. The SMILES string of the molecule is Cc1ccccc1CN1CCCN(CC(=O)N2CCCC2c2ccc3c(c2)OCCO3)CC1. The summed E-state index contributed by atoms with van der Waals surface area (Å²) >= 11 is 0. The van der Waals surface area contributed by atoms with Gasteiger partial charge in [-0.3, -0.25) is 14.6 Å². The van der Waals surface area contributed by atoms with Gasteiger partial charge < -0.3 is 14.4 Å². The second kappa shape index (κ2) is 10.1. The fourth-order valence-electron chi connectivity index (χ4n) is 5.33. The fourth-order valence-corrected chi connectivity index (χ4v) is 5.33. The van der Waals surface area contributed by atoms with E-state index in [4.69, 9.17) is 9.47 Å². The van der Waals surface area contributed by atoms with E-state index in [0.717, 1.165) is 75.6 Å². The normalized spacial score (nSPS) is 21.7. The van der Waals surface area contributed by atoms with Crippen LogP contribution in [0.15, 0.2) is 42.5 Å². The maximum absolute atomic E-state index is 13.3. The van der Waals surface area contributed by atoms with Gasteiger partial charge in [0.25, 0.3) is 0 Å². The molecule has 1 atom stereocenters. The quantitative estimate of drug-likeness (QED) is 0.698. The molecule has 176 valence electrons. The van der Waals surface area contributed by atoms with E-state index in [0.29, 0.717) is 19.8 Å². The van der Waals surface area contributed by atoms with Crippen molar-refractivity contribution >= 4 is 5.91 Å². The summed E-state index contributed by atoms with van der Waals surface area (Å²) in [6.45, 7) is 9.73. The van der Waals surface area contributed by atoms with E-state index >= 15 is 0 Å². The van der Waals surface area contributed by atoms with E-state index in [-0.39, 0.29) is 11.9 Å². The lowest BCUT2D eigenvalue weighted by Gasteiger charge is -2.29. The number of hydrogen-bond donors (Lipinski definition) is 0. The molecule has 0 aromatic heterocycles. The minimum atomic E-state index is 0.137. The minimum Gasteiger partial charge on any atom is -0.486 e. The van der Waals surface area contributed by atoms with Crippen LogP contribution < -0.4 is 9.47 Å². The second-order valence-corrected chi connectivity index (χ2v) is 9.48. The summed E-state index contributed by atoms with van der Waals surface area (Å²) < 4.78 is 11.4. The molecule has 0 bridgehead atoms. The van der Waals surface area contributed by atoms with Crippen LogP contribution in [0.3, 0.4) is 0 Å². The number of benzene rings is 2. The molecule has 2 saturated heterocycles. The predicted octanol–water partition coefficient (Wildman–Crippen LogP) is 3.64. The van der Waals surface area contributed by atoms with Crippen LogP contribution in [0.25, 0.3) is 0 Å². The molecule has 3 aliphatic heterocycles. The zero-order valence-electron chi connectivity index (χ0n) is 19.7. The monoisotopic (exact) mass is 449 g/mol. The molecule has 0 saturated carbocycles. The first-order valence-corrected chi connectivity index (χ1v) is 12.4. The van der Waals surface area contributed by atoms with Gasteiger partial charge in [0, 0.05) is 26.2 Å². The van der Waals surface area contributed by atoms with Crippen LogP contribution in [0.5, 0.6) is 11.5 Å². The van der Waals surface area contributed by atoms with E-state index in [1.54, 1.807) is 0 Å². The average Bonchev–Trinajstić information content (AvgIpc) is 3.23. The average molecular weight is 450 g/mol. The molecule has 2 fully saturated rings. The molecule has 0 N–H and O–H groups in total. The number of carbonyl (C=O) groups is 1. The predicted molar refractivity (Wildman–Crippen MR) is 129 cm³/mol. The van der Waals surface area contributed by atoms with Crippen molar-refractivity contribution in [3.63, 3.8) is 0 Å². The van der Waals surface area contributed by atoms with Crippen LogP contribution in [-0.2, 0) is 11.3 Å². The van der Waals surface area contributed by atoms with Gasteiger partial charge in [-0.1, -0.05) is 30.3 Å². The van der Waals surface area contributed by atoms with Crippen LogP contribution in [-0.4, -0.2) is 73.1 Å². The van der Waals surface area contributed by atoms with Crippen molar-refractivity contribution in [1.29, 1.82) is 0 Å². The Morgan fingerprint density at radius 1 is 0.909 bits per heavy atom. The number of ether oxygens (including phenoxy) is 2. The number of carbonyl (C=O) groups excluding carboxylic acids is 1. The molecule has 2 aromatic carbocycles. The Hall–Kier alpha value is -2.57. The van der Waals surface area contributed by atoms with E-state index in [1.807, 2.05) is 6.07 Å². The highest BCUT2D eigenvalue weighted by Crippen LogP contribution is 2.38. The van der Waals surface area contributed by atoms with Crippen LogP contribution in [0.4, 0.5) is 0 Å². The second-order valence-electron chi connectivity index (χ2n) is 9.48. The van der Waals surface area contributed by atoms with Gasteiger partial charge in [0.2, 0.25) is 5.91 Å². The van der Waals surface area contributed by atoms with Crippen molar-refractivity contribution < 1.29 is 14.3 Å². The fraction of sp³-hybridized carbons (Fsp3) is 0.519. The first-order chi connectivity index (χ1) is 16.2. The molecule has 0 spiro atoms. The molecule has 0 radical (unpaired) electrons. The van der Waals surface area contributed by atoms with Gasteiger partial charge in [-0.15, -0.1) is 0 Å². The third-order valence-electron chi connectivity index (χ3n) is 7.22. The first-order valence-electron chi connectivity index (χ1n) is 12.4. The lowest BCUT2D eigenvalue weighted by molar-refractivity contribution is -0.133. The van der Waals surface area contributed by atoms with E-state index in [1.165, 1.54) is 11.1 Å². The van der Waals surface area contributed by atoms with Crippen molar-refractivity contribution in [3.8, 4) is 11.5 Å². The van der Waals surface area contributed by atoms with Gasteiger partial charge in [0.1, 0.15) is 13.2 Å². The van der Waals surface area contributed by atoms with Gasteiger partial charge in [-0.2, -0.15) is 0 Å². The molecule has 3 heterocycles. The van der Waals surface area contributed by atoms with Gasteiger partial charge in [0.05, 0.1) is 12.6 Å². The Balaban J connectivity index is 1.18. The number of fused-ring (bicyclic) bond motifs is 1. The zero-order valence-corrected chi connectivity index (χ0v) is 19.7. The smallest absolute Gasteiger partial charge is 0.237 e. The standard InChI is InChI=1S/C27H35N3O3/c1-21-6-2-3-7-23(21)19-28-11-5-12-29(15-14-28)20-27(31)30-13-4-8-24(30)22-9-10-25-26(18-22)33-17-16-32-25/h2-3,6-7,9-10,18,24H,4-5,8,11-17,19-20H2,1H3. The maximum Gasteiger partial charge on any atom is 0.237 e. The Labute approximate surface area is 197 Å². The molecule has 1 unspecified atom stereocenters. The topological polar surface area (TPSA) is 45.2 Å². The maximum atomic E-state index is 13.3. The number of aryl methyl sites for hydroxylation is 1. The molecule has 3 aliphatic rings. The van der Waals surface area contributed by atoms with Crippen LogP contribution in [0.2, 0.25) is 0 Å². The number of amides is 1. The minimum absolute atomic E-state index is 0.137. The van der Waals surface area contributed by atoms with E-state index in [9.17, 15) is 4.79 Å². The Morgan fingerprint density at radius 3 is 2.58 bits per heavy atom. The summed E-state index contributed by atoms with van der Waals surface area (Å²) in [5.41, 5.74) is 3.92. The summed E-state index contributed by atoms with van der Waals surface area (Å²) in [5, 5.41) is 0. The van der Waals surface area contributed by atoms with Crippen LogP contribution in [0, 0.1) is 6.92 Å². The molecule has 5 rings (SSSR count). The molecule has 33 heavy (non-hydrogen) atoms. The molecule has 1 amide bonds. The van der Waals surface area contributed by atoms with Crippen LogP contribution in [0.1, 0.15) is 42.0 Å². The molecular weight excluding hydrogens is 414 g/mol. The van der Waals surface area contributed by atoms with E-state index in [2.05, 4.69) is 58.0 Å². The largest absolute Gasteiger partial charge is 0.486 e. The zero-order chi connectivity index (χ0) is 22.6. The van der Waals surface area contributed by atoms with Gasteiger partial charge in [-0.25, -0.2) is 0 Å². The highest BCUT2D eigenvalue weighted by molar-refractivity contribution is 5.79. The Kier molecular flexibility index (Phi) is 6.83. The first kappa shape index (κ1) is 22.2. The van der Waals surface area contributed by atoms with Gasteiger partial charge in [-0.05, 0) is 68.1 Å². The lowest BCUT2D eigenvalue weighted by Crippen LogP contribution is -2.41. The third kappa shape index (κ3) is 5.17. The third-order valence-corrected chi connectivity index (χ3v) is 7.22. The molecule has 2 aromatic rings. The van der Waals surface area contributed by atoms with Crippen molar-refractivity contribution in [2.24, 2.45) is 0 Å². The van der Waals surface area contributed by atoms with Gasteiger partial charge in [0.15, 0.2) is 11.5 Å². The number of nitrogens with zero attached hydrogens (tertiary/aromatic N) is 3. The van der Waals surface area contributed by atoms with E-state index < -0.39 is 0 Å². The van der Waals surface area contributed by atoms with Crippen LogP contribution >= 0.6 is 0 Å². The summed E-state index contributed by atoms with van der Waals surface area (Å²) in [4.78, 5) is 20.3. The number of rotatable bonds is 5. The highest BCUT2D eigenvalue weighted by atomic mass is 16.6. The lowest BCUT2D eigenvalue weighted by atomic mass is 10.0. The summed E-state index contributed by atoms with van der Waals surface area (Å²) in [6.07, 6.45) is 3.16. The number of likely N-dealkylation sites (tertiary alicyclic amines) is 1. The summed E-state index contributed by atoms with van der Waals surface area (Å²) in [7, 11) is 0. The summed E-state index contributed by atoms with van der Waals surface area (Å²) in [6, 6.07) is 14.9. The van der Waals surface area contributed by atoms with Crippen molar-refractivity contribution in [3.05, 3.63) is 59.2 Å². The summed E-state index contributed by atoms with van der Waals surface area (Å²) in [5.74, 6) is 1.86. The molecule has 6 heteroatoms.